The molecule has 0 fully saturated rings. The normalized spacial score (nSPS) is 9.75. The lowest BCUT2D eigenvalue weighted by Gasteiger charge is -2.08. The van der Waals surface area contributed by atoms with Crippen LogP contribution in [0.3, 0.4) is 0 Å². The van der Waals surface area contributed by atoms with Crippen LogP contribution in [-0.2, 0) is 0 Å². The summed E-state index contributed by atoms with van der Waals surface area (Å²) in [7, 11) is 0. The first-order valence-corrected chi connectivity index (χ1v) is 7.37. The molecule has 0 bridgehead atoms. The van der Waals surface area contributed by atoms with E-state index in [4.69, 9.17) is 0 Å². The number of thiophene rings is 1. The van der Waals surface area contributed by atoms with Crippen molar-refractivity contribution in [3.05, 3.63) is 41.1 Å². The van der Waals surface area contributed by atoms with Gasteiger partial charge in [0, 0.05) is 0 Å². The highest BCUT2D eigenvalue weighted by Gasteiger charge is 2.30. The van der Waals surface area contributed by atoms with Gasteiger partial charge in [-0.05, 0) is 40.1 Å². The summed E-state index contributed by atoms with van der Waals surface area (Å²) in [5.41, 5.74) is 1.86. The topological polar surface area (TPSA) is 9.23 Å². The van der Waals surface area contributed by atoms with Crippen LogP contribution in [0.2, 0.25) is 0 Å². The maximum Gasteiger partial charge on any atom is 0.573 e. The average molecular weight is 304 g/mol. The van der Waals surface area contributed by atoms with Crippen molar-refractivity contribution in [3.63, 3.8) is 0 Å². The van der Waals surface area contributed by atoms with Gasteiger partial charge in [-0.15, -0.1) is 13.2 Å². The minimum atomic E-state index is -4.64. The average Bonchev–Trinajstić information content (AvgIpc) is 2.96. The van der Waals surface area contributed by atoms with E-state index in [0.717, 1.165) is 11.1 Å². The number of alkyl halides is 3. The molecule has 0 saturated carbocycles. The second-order valence-electron chi connectivity index (χ2n) is 3.08. The second kappa shape index (κ2) is 9.42. The lowest BCUT2D eigenvalue weighted by Crippen LogP contribution is -2.16. The zero-order valence-corrected chi connectivity index (χ0v) is 12.8. The number of hydrogen-bond donors (Lipinski definition) is 0. The molecule has 0 aliphatic rings. The fourth-order valence-corrected chi connectivity index (χ4v) is 1.94. The van der Waals surface area contributed by atoms with Crippen LogP contribution in [0.1, 0.15) is 27.7 Å². The summed E-state index contributed by atoms with van der Waals surface area (Å²) in [5.74, 6) is -0.202. The molecule has 1 heterocycles. The summed E-state index contributed by atoms with van der Waals surface area (Å²) in [6.07, 6.45) is -4.64. The van der Waals surface area contributed by atoms with E-state index < -0.39 is 6.36 Å². The van der Waals surface area contributed by atoms with E-state index in [1.54, 1.807) is 12.1 Å². The van der Waals surface area contributed by atoms with Crippen LogP contribution in [0.25, 0.3) is 11.1 Å². The summed E-state index contributed by atoms with van der Waals surface area (Å²) in [5, 5.41) is 3.84. The van der Waals surface area contributed by atoms with E-state index in [1.807, 2.05) is 44.5 Å². The van der Waals surface area contributed by atoms with Gasteiger partial charge in [0.15, 0.2) is 0 Å². The number of ether oxygens (including phenoxy) is 1. The van der Waals surface area contributed by atoms with Crippen molar-refractivity contribution in [1.29, 1.82) is 0 Å². The SMILES string of the molecule is CC.CC.FC(F)(F)Oc1ccc(-c2ccsc2)cc1. The molecule has 0 spiro atoms. The van der Waals surface area contributed by atoms with Crippen molar-refractivity contribution in [2.24, 2.45) is 0 Å². The van der Waals surface area contributed by atoms with Crippen LogP contribution >= 0.6 is 11.3 Å². The Balaban J connectivity index is 0.000000829. The van der Waals surface area contributed by atoms with Gasteiger partial charge >= 0.3 is 6.36 Å². The van der Waals surface area contributed by atoms with Gasteiger partial charge in [0.25, 0.3) is 0 Å². The fraction of sp³-hybridized carbons (Fsp3) is 0.333. The highest BCUT2D eigenvalue weighted by Crippen LogP contribution is 2.27. The molecule has 0 unspecified atom stereocenters. The molecule has 1 nitrogen and oxygen atoms in total. The number of rotatable bonds is 2. The third-order valence-corrected chi connectivity index (χ3v) is 2.63. The van der Waals surface area contributed by atoms with Gasteiger partial charge < -0.3 is 4.74 Å². The highest BCUT2D eigenvalue weighted by atomic mass is 32.1. The monoisotopic (exact) mass is 304 g/mol. The summed E-state index contributed by atoms with van der Waals surface area (Å²) >= 11 is 1.54. The van der Waals surface area contributed by atoms with Gasteiger partial charge in [-0.25, -0.2) is 0 Å². The summed E-state index contributed by atoms with van der Waals surface area (Å²) in [6, 6.07) is 7.72. The predicted molar refractivity (Wildman–Crippen MR) is 79.1 cm³/mol. The molecule has 5 heteroatoms. The van der Waals surface area contributed by atoms with Crippen LogP contribution in [-0.4, -0.2) is 6.36 Å². The van der Waals surface area contributed by atoms with Crippen LogP contribution in [0, 0.1) is 0 Å². The molecule has 112 valence electrons. The lowest BCUT2D eigenvalue weighted by molar-refractivity contribution is -0.274. The zero-order chi connectivity index (χ0) is 15.6. The predicted octanol–water partition coefficient (Wildman–Crippen LogP) is 6.37. The molecular formula is C15H19F3OS. The molecule has 0 radical (unpaired) electrons. The van der Waals surface area contributed by atoms with Crippen molar-refractivity contribution in [2.45, 2.75) is 34.1 Å². The van der Waals surface area contributed by atoms with Gasteiger partial charge in [0.2, 0.25) is 0 Å². The second-order valence-corrected chi connectivity index (χ2v) is 3.86. The molecule has 2 rings (SSSR count). The molecule has 0 saturated heterocycles. The van der Waals surface area contributed by atoms with Crippen LogP contribution in [0.4, 0.5) is 13.2 Å². The van der Waals surface area contributed by atoms with Crippen LogP contribution < -0.4 is 4.74 Å². The minimum Gasteiger partial charge on any atom is -0.406 e. The Morgan fingerprint density at radius 2 is 1.40 bits per heavy atom. The smallest absolute Gasteiger partial charge is 0.406 e. The van der Waals surface area contributed by atoms with E-state index in [1.165, 1.54) is 23.5 Å². The number of halogens is 3. The van der Waals surface area contributed by atoms with Crippen molar-refractivity contribution in [1.82, 2.24) is 0 Å². The molecule has 0 N–H and O–H groups in total. The lowest BCUT2D eigenvalue weighted by atomic mass is 10.1. The molecule has 0 aliphatic heterocycles. The molecular weight excluding hydrogens is 285 g/mol. The summed E-state index contributed by atoms with van der Waals surface area (Å²) in [4.78, 5) is 0. The van der Waals surface area contributed by atoms with Gasteiger partial charge in [-0.2, -0.15) is 11.3 Å². The third kappa shape index (κ3) is 6.61. The Kier molecular flexibility index (Phi) is 8.72. The first-order chi connectivity index (χ1) is 9.54. The van der Waals surface area contributed by atoms with E-state index in [9.17, 15) is 13.2 Å². The van der Waals surface area contributed by atoms with Crippen molar-refractivity contribution in [2.75, 3.05) is 0 Å². The van der Waals surface area contributed by atoms with Crippen molar-refractivity contribution >= 4 is 11.3 Å². The summed E-state index contributed by atoms with van der Waals surface area (Å²) < 4.78 is 39.5. The Morgan fingerprint density at radius 1 is 0.850 bits per heavy atom. The minimum absolute atomic E-state index is 0.202. The molecule has 1 aromatic heterocycles. The highest BCUT2D eigenvalue weighted by molar-refractivity contribution is 7.08. The molecule has 0 atom stereocenters. The van der Waals surface area contributed by atoms with Gasteiger partial charge in [0.1, 0.15) is 5.75 Å². The molecule has 2 aromatic rings. The van der Waals surface area contributed by atoms with E-state index in [2.05, 4.69) is 4.74 Å². The van der Waals surface area contributed by atoms with Crippen LogP contribution in [0.15, 0.2) is 41.1 Å². The Morgan fingerprint density at radius 3 is 1.80 bits per heavy atom. The van der Waals surface area contributed by atoms with Crippen molar-refractivity contribution < 1.29 is 17.9 Å². The van der Waals surface area contributed by atoms with Gasteiger partial charge in [0.05, 0.1) is 0 Å². The molecule has 1 aromatic carbocycles. The largest absolute Gasteiger partial charge is 0.573 e. The van der Waals surface area contributed by atoms with Gasteiger partial charge in [-0.1, -0.05) is 39.8 Å². The van der Waals surface area contributed by atoms with Crippen LogP contribution in [0.5, 0.6) is 5.75 Å². The van der Waals surface area contributed by atoms with E-state index in [-0.39, 0.29) is 5.75 Å². The Labute approximate surface area is 122 Å². The van der Waals surface area contributed by atoms with Gasteiger partial charge in [-0.3, -0.25) is 0 Å². The molecule has 20 heavy (non-hydrogen) atoms. The number of benzene rings is 1. The van der Waals surface area contributed by atoms with E-state index >= 15 is 0 Å². The Hall–Kier alpha value is -1.49. The standard InChI is InChI=1S/C11H7F3OS.2C2H6/c12-11(13,14)15-10-3-1-8(2-4-10)9-5-6-16-7-9;2*1-2/h1-7H;2*1-2H3. The summed E-state index contributed by atoms with van der Waals surface area (Å²) in [6.45, 7) is 8.00. The van der Waals surface area contributed by atoms with Crippen molar-refractivity contribution in [3.8, 4) is 16.9 Å². The first kappa shape index (κ1) is 18.5. The maximum atomic E-state index is 11.9. The van der Waals surface area contributed by atoms with E-state index in [0.29, 0.717) is 0 Å². The zero-order valence-electron chi connectivity index (χ0n) is 12.0. The third-order valence-electron chi connectivity index (χ3n) is 1.94. The molecule has 0 amide bonds. The quantitative estimate of drug-likeness (QED) is 0.626. The fourth-order valence-electron chi connectivity index (χ4n) is 1.28. The first-order valence-electron chi connectivity index (χ1n) is 6.43. The molecule has 0 aliphatic carbocycles. The maximum absolute atomic E-state index is 11.9. The number of hydrogen-bond acceptors (Lipinski definition) is 2. The Bertz CT molecular complexity index is 447.